The summed E-state index contributed by atoms with van der Waals surface area (Å²) in [6, 6.07) is 0. The maximum atomic E-state index is 12.5. The summed E-state index contributed by atoms with van der Waals surface area (Å²) in [4.78, 5) is 23.5. The van der Waals surface area contributed by atoms with E-state index in [1.807, 2.05) is 11.9 Å². The molecule has 3 rings (SSSR count). The summed E-state index contributed by atoms with van der Waals surface area (Å²) >= 11 is 0. The lowest BCUT2D eigenvalue weighted by atomic mass is 10.0. The molecule has 0 spiro atoms. The fourth-order valence-electron chi connectivity index (χ4n) is 4.42. The minimum absolute atomic E-state index is 0.298. The Morgan fingerprint density at radius 3 is 2.47 bits per heavy atom. The van der Waals surface area contributed by atoms with E-state index in [4.69, 9.17) is 9.47 Å². The molecule has 0 aromatic heterocycles. The van der Waals surface area contributed by atoms with E-state index >= 15 is 0 Å². The number of likely N-dealkylation sites (tertiary alicyclic amines) is 1. The second-order valence-electron chi connectivity index (χ2n) is 8.66. The lowest BCUT2D eigenvalue weighted by molar-refractivity contribution is -0.133. The van der Waals surface area contributed by atoms with Crippen molar-refractivity contribution in [3.05, 3.63) is 0 Å². The zero-order valence-corrected chi connectivity index (χ0v) is 18.8. The third-order valence-corrected chi connectivity index (χ3v) is 6.39. The molecule has 3 heterocycles. The number of hydrogen-bond donors (Lipinski definition) is 1. The summed E-state index contributed by atoms with van der Waals surface area (Å²) < 4.78 is 11.2. The zero-order valence-electron chi connectivity index (χ0n) is 18.8. The number of piperazine rings is 1. The number of carbonyl (C=O) groups is 1. The van der Waals surface area contributed by atoms with Crippen LogP contribution in [-0.4, -0.2) is 112 Å². The minimum Gasteiger partial charge on any atom is -0.381 e. The fourth-order valence-corrected chi connectivity index (χ4v) is 4.42. The standard InChI is InChI=1S/C22H41N5O3/c1-23-22(24-8-5-15-30-19-20-6-16-29-17-7-20)27-13-11-25(12-14-27)18-21(28)26-9-3-2-4-10-26/h20H,2-19H2,1H3,(H,23,24). The van der Waals surface area contributed by atoms with Gasteiger partial charge < -0.3 is 24.6 Å². The van der Waals surface area contributed by atoms with Gasteiger partial charge in [-0.25, -0.2) is 0 Å². The van der Waals surface area contributed by atoms with E-state index in [1.165, 1.54) is 6.42 Å². The quantitative estimate of drug-likeness (QED) is 0.357. The number of guanidine groups is 1. The number of hydrogen-bond acceptors (Lipinski definition) is 5. The highest BCUT2D eigenvalue weighted by molar-refractivity contribution is 5.80. The molecule has 1 amide bonds. The second kappa shape index (κ2) is 13.1. The molecule has 0 saturated carbocycles. The molecule has 172 valence electrons. The first-order valence-corrected chi connectivity index (χ1v) is 11.9. The predicted molar refractivity (Wildman–Crippen MR) is 119 cm³/mol. The van der Waals surface area contributed by atoms with Crippen molar-refractivity contribution in [1.29, 1.82) is 0 Å². The summed E-state index contributed by atoms with van der Waals surface area (Å²) in [7, 11) is 1.84. The molecule has 0 bridgehead atoms. The number of amides is 1. The Morgan fingerprint density at radius 2 is 1.77 bits per heavy atom. The van der Waals surface area contributed by atoms with Crippen LogP contribution in [0.5, 0.6) is 0 Å². The highest BCUT2D eigenvalue weighted by Gasteiger charge is 2.24. The van der Waals surface area contributed by atoms with Gasteiger partial charge in [0.05, 0.1) is 6.54 Å². The van der Waals surface area contributed by atoms with E-state index in [1.54, 1.807) is 0 Å². The molecule has 30 heavy (non-hydrogen) atoms. The van der Waals surface area contributed by atoms with Crippen LogP contribution < -0.4 is 5.32 Å². The van der Waals surface area contributed by atoms with Gasteiger partial charge in [0.2, 0.25) is 5.91 Å². The smallest absolute Gasteiger partial charge is 0.236 e. The Bertz CT molecular complexity index is 525. The first-order valence-electron chi connectivity index (χ1n) is 11.9. The molecule has 0 aromatic rings. The van der Waals surface area contributed by atoms with Crippen molar-refractivity contribution in [3.8, 4) is 0 Å². The number of nitrogens with one attached hydrogen (secondary N) is 1. The Balaban J connectivity index is 1.25. The number of ether oxygens (including phenoxy) is 2. The molecular formula is C22H41N5O3. The van der Waals surface area contributed by atoms with Crippen LogP contribution in [0.3, 0.4) is 0 Å². The Morgan fingerprint density at radius 1 is 1.03 bits per heavy atom. The van der Waals surface area contributed by atoms with Crippen LogP contribution in [0.1, 0.15) is 38.5 Å². The van der Waals surface area contributed by atoms with Gasteiger partial charge in [-0.2, -0.15) is 0 Å². The average Bonchev–Trinajstić information content (AvgIpc) is 2.80. The molecule has 3 aliphatic heterocycles. The fraction of sp³-hybridized carbons (Fsp3) is 0.909. The first-order chi connectivity index (χ1) is 14.8. The monoisotopic (exact) mass is 423 g/mol. The SMILES string of the molecule is CN=C(NCCCOCC1CCOCC1)N1CCN(CC(=O)N2CCCCC2)CC1. The van der Waals surface area contributed by atoms with Crippen molar-refractivity contribution < 1.29 is 14.3 Å². The van der Waals surface area contributed by atoms with Gasteiger partial charge in [-0.3, -0.25) is 14.7 Å². The molecule has 0 unspecified atom stereocenters. The highest BCUT2D eigenvalue weighted by atomic mass is 16.5. The normalized spacial score (nSPS) is 22.4. The van der Waals surface area contributed by atoms with Gasteiger partial charge in [0.25, 0.3) is 0 Å². The topological polar surface area (TPSA) is 69.6 Å². The van der Waals surface area contributed by atoms with E-state index in [2.05, 4.69) is 20.1 Å². The van der Waals surface area contributed by atoms with Crippen molar-refractivity contribution in [2.45, 2.75) is 38.5 Å². The van der Waals surface area contributed by atoms with Gasteiger partial charge in [0, 0.05) is 79.3 Å². The molecule has 3 aliphatic rings. The summed E-state index contributed by atoms with van der Waals surface area (Å²) in [5.74, 6) is 1.92. The molecular weight excluding hydrogens is 382 g/mol. The lowest BCUT2D eigenvalue weighted by Crippen LogP contribution is -2.54. The summed E-state index contributed by atoms with van der Waals surface area (Å²) in [5, 5.41) is 3.47. The van der Waals surface area contributed by atoms with Gasteiger partial charge in [-0.05, 0) is 44.4 Å². The predicted octanol–water partition coefficient (Wildman–Crippen LogP) is 1.03. The third-order valence-electron chi connectivity index (χ3n) is 6.39. The summed E-state index contributed by atoms with van der Waals surface area (Å²) in [6.07, 6.45) is 6.80. The molecule has 0 radical (unpaired) electrons. The van der Waals surface area contributed by atoms with Crippen molar-refractivity contribution in [3.63, 3.8) is 0 Å². The highest BCUT2D eigenvalue weighted by Crippen LogP contribution is 2.14. The summed E-state index contributed by atoms with van der Waals surface area (Å²) in [6.45, 7) is 10.4. The van der Waals surface area contributed by atoms with Crippen LogP contribution in [0.2, 0.25) is 0 Å². The van der Waals surface area contributed by atoms with Crippen molar-refractivity contribution in [1.82, 2.24) is 20.0 Å². The van der Waals surface area contributed by atoms with Gasteiger partial charge in [-0.15, -0.1) is 0 Å². The molecule has 3 fully saturated rings. The van der Waals surface area contributed by atoms with Gasteiger partial charge in [0.15, 0.2) is 5.96 Å². The van der Waals surface area contributed by atoms with Crippen molar-refractivity contribution in [2.24, 2.45) is 10.9 Å². The minimum atomic E-state index is 0.298. The molecule has 8 nitrogen and oxygen atoms in total. The molecule has 1 N–H and O–H groups in total. The number of aliphatic imine (C=N–C) groups is 1. The molecule has 0 aliphatic carbocycles. The van der Waals surface area contributed by atoms with Gasteiger partial charge in [0.1, 0.15) is 0 Å². The van der Waals surface area contributed by atoms with Crippen molar-refractivity contribution in [2.75, 3.05) is 85.8 Å². The van der Waals surface area contributed by atoms with E-state index in [0.29, 0.717) is 18.4 Å². The zero-order chi connectivity index (χ0) is 21.0. The van der Waals surface area contributed by atoms with Gasteiger partial charge in [-0.1, -0.05) is 0 Å². The number of nitrogens with zero attached hydrogens (tertiary/aromatic N) is 4. The van der Waals surface area contributed by atoms with E-state index in [9.17, 15) is 4.79 Å². The Kier molecular flexibility index (Phi) is 10.2. The van der Waals surface area contributed by atoms with Crippen LogP contribution in [0.25, 0.3) is 0 Å². The first kappa shape index (κ1) is 23.3. The maximum Gasteiger partial charge on any atom is 0.236 e. The van der Waals surface area contributed by atoms with Crippen LogP contribution in [0, 0.1) is 5.92 Å². The molecule has 3 saturated heterocycles. The molecule has 8 heteroatoms. The van der Waals surface area contributed by atoms with Crippen LogP contribution in [-0.2, 0) is 14.3 Å². The van der Waals surface area contributed by atoms with E-state index < -0.39 is 0 Å². The maximum absolute atomic E-state index is 12.5. The van der Waals surface area contributed by atoms with Crippen LogP contribution in [0.4, 0.5) is 0 Å². The molecule has 0 aromatic carbocycles. The van der Waals surface area contributed by atoms with Crippen LogP contribution >= 0.6 is 0 Å². The van der Waals surface area contributed by atoms with E-state index in [-0.39, 0.29) is 0 Å². The lowest BCUT2D eigenvalue weighted by Gasteiger charge is -2.37. The second-order valence-corrected chi connectivity index (χ2v) is 8.66. The Labute approximate surface area is 181 Å². The number of carbonyl (C=O) groups excluding carboxylic acids is 1. The number of piperidine rings is 1. The average molecular weight is 424 g/mol. The van der Waals surface area contributed by atoms with Crippen molar-refractivity contribution >= 4 is 11.9 Å². The van der Waals surface area contributed by atoms with Gasteiger partial charge >= 0.3 is 0 Å². The summed E-state index contributed by atoms with van der Waals surface area (Å²) in [5.41, 5.74) is 0. The van der Waals surface area contributed by atoms with E-state index in [0.717, 1.165) is 110 Å². The largest absolute Gasteiger partial charge is 0.381 e. The Hall–Kier alpha value is -1.38. The molecule has 0 atom stereocenters. The number of rotatable bonds is 8. The van der Waals surface area contributed by atoms with Crippen LogP contribution in [0.15, 0.2) is 4.99 Å². The third kappa shape index (κ3) is 7.71.